The standard InChI is InChI=1S/C22H27N5O/c1-14(2)20(13-28)26-22-25-19(17-6-5-9-23-12-17)11-21(27-22)24-18-10-15(3)7-8-16(18)4/h5-12,14,20,28H,13H2,1-4H3,(H2,24,25,26,27)/t20-/m1/s1. The Hall–Kier alpha value is -2.99. The van der Waals surface area contributed by atoms with Crippen LogP contribution in [0.15, 0.2) is 48.8 Å². The lowest BCUT2D eigenvalue weighted by molar-refractivity contribution is 0.248. The first-order valence-corrected chi connectivity index (χ1v) is 9.47. The van der Waals surface area contributed by atoms with Crippen LogP contribution in [0.2, 0.25) is 0 Å². The molecule has 146 valence electrons. The summed E-state index contributed by atoms with van der Waals surface area (Å²) in [7, 11) is 0. The van der Waals surface area contributed by atoms with Gasteiger partial charge >= 0.3 is 0 Å². The second kappa shape index (κ2) is 8.80. The Morgan fingerprint density at radius 3 is 2.57 bits per heavy atom. The van der Waals surface area contributed by atoms with E-state index in [0.717, 1.165) is 22.5 Å². The van der Waals surface area contributed by atoms with E-state index in [1.165, 1.54) is 5.56 Å². The lowest BCUT2D eigenvalue weighted by Crippen LogP contribution is -2.30. The van der Waals surface area contributed by atoms with Gasteiger partial charge in [0.05, 0.1) is 18.3 Å². The molecule has 0 aliphatic rings. The van der Waals surface area contributed by atoms with Gasteiger partial charge in [0, 0.05) is 29.7 Å². The van der Waals surface area contributed by atoms with E-state index in [1.54, 1.807) is 12.4 Å². The molecular formula is C22H27N5O. The van der Waals surface area contributed by atoms with E-state index >= 15 is 0 Å². The molecule has 1 atom stereocenters. The summed E-state index contributed by atoms with van der Waals surface area (Å²) >= 11 is 0. The fourth-order valence-corrected chi connectivity index (χ4v) is 2.84. The van der Waals surface area contributed by atoms with Gasteiger partial charge in [0.25, 0.3) is 0 Å². The van der Waals surface area contributed by atoms with Crippen LogP contribution >= 0.6 is 0 Å². The smallest absolute Gasteiger partial charge is 0.225 e. The minimum atomic E-state index is -0.127. The second-order valence-electron chi connectivity index (χ2n) is 7.32. The average Bonchev–Trinajstić information content (AvgIpc) is 2.69. The van der Waals surface area contributed by atoms with Gasteiger partial charge in [-0.3, -0.25) is 4.98 Å². The molecule has 0 saturated heterocycles. The normalized spacial score (nSPS) is 12.1. The molecule has 2 heterocycles. The number of nitrogens with zero attached hydrogens (tertiary/aromatic N) is 3. The molecule has 0 unspecified atom stereocenters. The minimum absolute atomic E-state index is 0.0118. The van der Waals surface area contributed by atoms with Crippen LogP contribution in [0.3, 0.4) is 0 Å². The SMILES string of the molecule is Cc1ccc(C)c(Nc2cc(-c3cccnc3)nc(N[C@H](CO)C(C)C)n2)c1. The van der Waals surface area contributed by atoms with Crippen LogP contribution in [0.4, 0.5) is 17.5 Å². The number of hydrogen-bond acceptors (Lipinski definition) is 6. The Bertz CT molecular complexity index is 927. The molecular weight excluding hydrogens is 350 g/mol. The lowest BCUT2D eigenvalue weighted by Gasteiger charge is -2.21. The molecule has 3 N–H and O–H groups in total. The maximum absolute atomic E-state index is 9.67. The third-order valence-corrected chi connectivity index (χ3v) is 4.66. The zero-order chi connectivity index (χ0) is 20.1. The molecule has 0 spiro atoms. The predicted octanol–water partition coefficient (Wildman–Crippen LogP) is 4.33. The molecule has 6 heteroatoms. The lowest BCUT2D eigenvalue weighted by atomic mass is 10.1. The molecule has 28 heavy (non-hydrogen) atoms. The zero-order valence-electron chi connectivity index (χ0n) is 16.8. The van der Waals surface area contributed by atoms with Crippen LogP contribution in [0.25, 0.3) is 11.3 Å². The van der Waals surface area contributed by atoms with E-state index in [0.29, 0.717) is 11.8 Å². The quantitative estimate of drug-likeness (QED) is 0.568. The highest BCUT2D eigenvalue weighted by Gasteiger charge is 2.15. The summed E-state index contributed by atoms with van der Waals surface area (Å²) in [6.07, 6.45) is 3.51. The van der Waals surface area contributed by atoms with Crippen LogP contribution < -0.4 is 10.6 Å². The largest absolute Gasteiger partial charge is 0.394 e. The van der Waals surface area contributed by atoms with Gasteiger partial charge in [-0.25, -0.2) is 4.98 Å². The van der Waals surface area contributed by atoms with Crippen molar-refractivity contribution in [2.75, 3.05) is 17.2 Å². The van der Waals surface area contributed by atoms with Crippen molar-refractivity contribution < 1.29 is 5.11 Å². The van der Waals surface area contributed by atoms with Crippen LogP contribution in [-0.4, -0.2) is 32.7 Å². The molecule has 3 rings (SSSR count). The fourth-order valence-electron chi connectivity index (χ4n) is 2.84. The van der Waals surface area contributed by atoms with Crippen molar-refractivity contribution in [2.24, 2.45) is 5.92 Å². The van der Waals surface area contributed by atoms with Crippen molar-refractivity contribution in [1.82, 2.24) is 15.0 Å². The van der Waals surface area contributed by atoms with E-state index in [4.69, 9.17) is 0 Å². The average molecular weight is 377 g/mol. The molecule has 6 nitrogen and oxygen atoms in total. The fraction of sp³-hybridized carbons (Fsp3) is 0.318. The maximum Gasteiger partial charge on any atom is 0.225 e. The topological polar surface area (TPSA) is 83.0 Å². The first kappa shape index (κ1) is 19.8. The van der Waals surface area contributed by atoms with Crippen LogP contribution in [0.5, 0.6) is 0 Å². The molecule has 0 bridgehead atoms. The van der Waals surface area contributed by atoms with E-state index in [-0.39, 0.29) is 18.6 Å². The van der Waals surface area contributed by atoms with E-state index in [2.05, 4.69) is 57.6 Å². The predicted molar refractivity (Wildman–Crippen MR) is 114 cm³/mol. The first-order valence-electron chi connectivity index (χ1n) is 9.47. The number of aliphatic hydroxyl groups is 1. The zero-order valence-corrected chi connectivity index (χ0v) is 16.8. The van der Waals surface area contributed by atoms with Gasteiger partial charge in [-0.1, -0.05) is 26.0 Å². The molecule has 3 aromatic rings. The van der Waals surface area contributed by atoms with Gasteiger partial charge in [0.15, 0.2) is 0 Å². The van der Waals surface area contributed by atoms with E-state index in [1.807, 2.05) is 32.0 Å². The summed E-state index contributed by atoms with van der Waals surface area (Å²) in [6, 6.07) is 11.9. The highest BCUT2D eigenvalue weighted by molar-refractivity contribution is 5.68. The van der Waals surface area contributed by atoms with Gasteiger partial charge in [-0.15, -0.1) is 0 Å². The third kappa shape index (κ3) is 4.84. The van der Waals surface area contributed by atoms with Crippen molar-refractivity contribution in [2.45, 2.75) is 33.7 Å². The summed E-state index contributed by atoms with van der Waals surface area (Å²) < 4.78 is 0. The molecule has 0 aliphatic carbocycles. The summed E-state index contributed by atoms with van der Waals surface area (Å²) in [5.41, 5.74) is 4.98. The number of rotatable bonds is 7. The van der Waals surface area contributed by atoms with Crippen molar-refractivity contribution in [3.63, 3.8) is 0 Å². The molecule has 1 aromatic carbocycles. The minimum Gasteiger partial charge on any atom is -0.394 e. The van der Waals surface area contributed by atoms with Crippen molar-refractivity contribution in [1.29, 1.82) is 0 Å². The van der Waals surface area contributed by atoms with E-state index in [9.17, 15) is 5.11 Å². The second-order valence-corrected chi connectivity index (χ2v) is 7.32. The Morgan fingerprint density at radius 2 is 1.89 bits per heavy atom. The molecule has 0 radical (unpaired) electrons. The van der Waals surface area contributed by atoms with Crippen molar-refractivity contribution in [3.05, 3.63) is 59.9 Å². The van der Waals surface area contributed by atoms with Crippen LogP contribution in [-0.2, 0) is 0 Å². The van der Waals surface area contributed by atoms with E-state index < -0.39 is 0 Å². The number of anilines is 3. The number of aliphatic hydroxyl groups excluding tert-OH is 1. The Morgan fingerprint density at radius 1 is 1.07 bits per heavy atom. The number of hydrogen-bond donors (Lipinski definition) is 3. The van der Waals surface area contributed by atoms with Gasteiger partial charge in [-0.2, -0.15) is 4.98 Å². The van der Waals surface area contributed by atoms with Gasteiger partial charge in [0.2, 0.25) is 5.95 Å². The number of pyridine rings is 1. The Labute approximate surface area is 166 Å². The van der Waals surface area contributed by atoms with Crippen LogP contribution in [0.1, 0.15) is 25.0 Å². The highest BCUT2D eigenvalue weighted by atomic mass is 16.3. The number of aryl methyl sites for hydroxylation is 2. The van der Waals surface area contributed by atoms with Crippen molar-refractivity contribution in [3.8, 4) is 11.3 Å². The molecule has 0 saturated carbocycles. The molecule has 2 aromatic heterocycles. The first-order chi connectivity index (χ1) is 13.5. The summed E-state index contributed by atoms with van der Waals surface area (Å²) in [6.45, 7) is 8.23. The highest BCUT2D eigenvalue weighted by Crippen LogP contribution is 2.26. The monoisotopic (exact) mass is 377 g/mol. The number of aromatic nitrogens is 3. The maximum atomic E-state index is 9.67. The molecule has 0 amide bonds. The van der Waals surface area contributed by atoms with Crippen LogP contribution in [0, 0.1) is 19.8 Å². The van der Waals surface area contributed by atoms with Gasteiger partial charge < -0.3 is 15.7 Å². The summed E-state index contributed by atoms with van der Waals surface area (Å²) in [4.78, 5) is 13.5. The summed E-state index contributed by atoms with van der Waals surface area (Å²) in [5.74, 6) is 1.40. The van der Waals surface area contributed by atoms with Gasteiger partial charge in [0.1, 0.15) is 5.82 Å². The summed E-state index contributed by atoms with van der Waals surface area (Å²) in [5, 5.41) is 16.3. The Balaban J connectivity index is 2.00. The van der Waals surface area contributed by atoms with Gasteiger partial charge in [-0.05, 0) is 49.1 Å². The number of nitrogens with one attached hydrogen (secondary N) is 2. The number of benzene rings is 1. The Kier molecular flexibility index (Phi) is 6.21. The molecule has 0 fully saturated rings. The third-order valence-electron chi connectivity index (χ3n) is 4.66. The van der Waals surface area contributed by atoms with Crippen molar-refractivity contribution >= 4 is 17.5 Å². The molecule has 0 aliphatic heterocycles.